The number of nitrogens with one attached hydrogen (secondary N) is 2. The van der Waals surface area contributed by atoms with E-state index in [-0.39, 0.29) is 6.54 Å². The van der Waals surface area contributed by atoms with E-state index in [0.29, 0.717) is 18.0 Å². The van der Waals surface area contributed by atoms with Crippen molar-refractivity contribution in [1.29, 1.82) is 0 Å². The average Bonchev–Trinajstić information content (AvgIpc) is 2.81. The molecule has 0 unspecified atom stereocenters. The molecule has 1 aromatic heterocycles. The molecule has 2 N–H and O–H groups in total. The number of hydrogen-bond acceptors (Lipinski definition) is 4. The van der Waals surface area contributed by atoms with Crippen LogP contribution in [0.15, 0.2) is 17.2 Å². The highest BCUT2D eigenvalue weighted by molar-refractivity contribution is 7.89. The Morgan fingerprint density at radius 1 is 1.33 bits per heavy atom. The second kappa shape index (κ2) is 7.40. The molecule has 1 aromatic rings. The minimum Gasteiger partial charge on any atom is -0.375 e. The molecule has 122 valence electrons. The second-order valence-electron chi connectivity index (χ2n) is 5.50. The monoisotopic (exact) mass is 317 g/mol. The first-order valence-electron chi connectivity index (χ1n) is 7.23. The summed E-state index contributed by atoms with van der Waals surface area (Å²) < 4.78 is 34.8. The number of ether oxygens (including phenoxy) is 1. The van der Waals surface area contributed by atoms with Crippen LogP contribution in [-0.4, -0.2) is 38.8 Å². The highest BCUT2D eigenvalue weighted by Crippen LogP contribution is 2.16. The van der Waals surface area contributed by atoms with Crippen LogP contribution in [0.5, 0.6) is 0 Å². The fourth-order valence-electron chi connectivity index (χ4n) is 2.09. The number of nitrogens with zero attached hydrogens (tertiary/aromatic N) is 1. The van der Waals surface area contributed by atoms with Crippen molar-refractivity contribution in [3.05, 3.63) is 18.0 Å². The lowest BCUT2D eigenvalue weighted by atomic mass is 10.1. The molecule has 6 nitrogen and oxygen atoms in total. The molecule has 0 bridgehead atoms. The van der Waals surface area contributed by atoms with E-state index in [9.17, 15) is 8.42 Å². The van der Waals surface area contributed by atoms with Crippen LogP contribution < -0.4 is 10.0 Å². The zero-order valence-corrected chi connectivity index (χ0v) is 14.4. The Bertz CT molecular complexity index is 550. The van der Waals surface area contributed by atoms with Crippen LogP contribution >= 0.6 is 0 Å². The van der Waals surface area contributed by atoms with Gasteiger partial charge in [-0.05, 0) is 40.8 Å². The maximum absolute atomic E-state index is 12.4. The number of sulfonamides is 1. The third kappa shape index (κ3) is 5.10. The predicted octanol–water partition coefficient (Wildman–Crippen LogP) is 1.32. The molecule has 0 saturated carbocycles. The van der Waals surface area contributed by atoms with Gasteiger partial charge in [-0.25, -0.2) is 13.1 Å². The van der Waals surface area contributed by atoms with Crippen molar-refractivity contribution < 1.29 is 13.2 Å². The topological polar surface area (TPSA) is 72.4 Å². The van der Waals surface area contributed by atoms with E-state index in [2.05, 4.69) is 10.0 Å². The molecule has 0 saturated heterocycles. The summed E-state index contributed by atoms with van der Waals surface area (Å²) in [6.07, 6.45) is 1.67. The van der Waals surface area contributed by atoms with Gasteiger partial charge in [0.15, 0.2) is 0 Å². The molecule has 0 radical (unpaired) electrons. The molecular weight excluding hydrogens is 290 g/mol. The summed E-state index contributed by atoms with van der Waals surface area (Å²) in [5.41, 5.74) is 0.424. The summed E-state index contributed by atoms with van der Waals surface area (Å²) in [6, 6.07) is 1.70. The Morgan fingerprint density at radius 2 is 2.00 bits per heavy atom. The normalized spacial score (nSPS) is 12.8. The van der Waals surface area contributed by atoms with Gasteiger partial charge >= 0.3 is 0 Å². The fraction of sp³-hybridized carbons (Fsp3) is 0.714. The lowest BCUT2D eigenvalue weighted by Crippen LogP contribution is -2.40. The average molecular weight is 317 g/mol. The molecule has 7 heteroatoms. The lowest BCUT2D eigenvalue weighted by Gasteiger charge is -2.24. The maximum atomic E-state index is 12.4. The highest BCUT2D eigenvalue weighted by Gasteiger charge is 2.23. The maximum Gasteiger partial charge on any atom is 0.242 e. The smallest absolute Gasteiger partial charge is 0.242 e. The summed E-state index contributed by atoms with van der Waals surface area (Å²) in [5, 5.41) is 3.04. The van der Waals surface area contributed by atoms with Gasteiger partial charge in [0.2, 0.25) is 10.0 Å². The predicted molar refractivity (Wildman–Crippen MR) is 83.8 cm³/mol. The molecular formula is C14H27N3O3S. The first-order chi connectivity index (χ1) is 9.75. The van der Waals surface area contributed by atoms with E-state index < -0.39 is 15.6 Å². The third-order valence-corrected chi connectivity index (χ3v) is 4.56. The molecule has 0 amide bonds. The Labute approximate surface area is 127 Å². The standard InChI is InChI=1S/C14H27N3O3S/c1-6-17-10-13(8-12(17)9-15-5)21(18,19)16-11-14(3,4)20-7-2/h8,10,15-16H,6-7,9,11H2,1-5H3. The molecule has 0 fully saturated rings. The van der Waals surface area contributed by atoms with Crippen LogP contribution in [0.1, 0.15) is 33.4 Å². The van der Waals surface area contributed by atoms with Gasteiger partial charge in [-0.2, -0.15) is 0 Å². The fourth-order valence-corrected chi connectivity index (χ4v) is 3.35. The Kier molecular flexibility index (Phi) is 6.40. The summed E-state index contributed by atoms with van der Waals surface area (Å²) in [6.45, 7) is 9.76. The number of aromatic nitrogens is 1. The summed E-state index contributed by atoms with van der Waals surface area (Å²) >= 11 is 0. The molecule has 0 aliphatic rings. The number of aryl methyl sites for hydroxylation is 1. The molecule has 0 atom stereocenters. The number of hydrogen-bond donors (Lipinski definition) is 2. The van der Waals surface area contributed by atoms with E-state index in [4.69, 9.17) is 4.74 Å². The van der Waals surface area contributed by atoms with Gasteiger partial charge in [-0.15, -0.1) is 0 Å². The Morgan fingerprint density at radius 3 is 2.52 bits per heavy atom. The van der Waals surface area contributed by atoms with Crippen LogP contribution in [0.3, 0.4) is 0 Å². The first kappa shape index (κ1) is 18.2. The summed E-state index contributed by atoms with van der Waals surface area (Å²) in [4.78, 5) is 0.293. The molecule has 0 aliphatic carbocycles. The van der Waals surface area contributed by atoms with Gasteiger partial charge in [0, 0.05) is 38.1 Å². The first-order valence-corrected chi connectivity index (χ1v) is 8.71. The van der Waals surface area contributed by atoms with Crippen LogP contribution in [0.4, 0.5) is 0 Å². The molecule has 0 spiro atoms. The van der Waals surface area contributed by atoms with Gasteiger partial charge in [-0.3, -0.25) is 0 Å². The Hall–Kier alpha value is -0.890. The van der Waals surface area contributed by atoms with Crippen LogP contribution in [0.25, 0.3) is 0 Å². The molecule has 0 aliphatic heterocycles. The largest absolute Gasteiger partial charge is 0.375 e. The van der Waals surface area contributed by atoms with Crippen molar-refractivity contribution >= 4 is 10.0 Å². The number of rotatable bonds is 9. The van der Waals surface area contributed by atoms with Crippen LogP contribution in [0.2, 0.25) is 0 Å². The minimum absolute atomic E-state index is 0.238. The zero-order valence-electron chi connectivity index (χ0n) is 13.6. The van der Waals surface area contributed by atoms with Gasteiger partial charge in [0.05, 0.1) is 10.5 Å². The molecule has 1 rings (SSSR count). The van der Waals surface area contributed by atoms with E-state index >= 15 is 0 Å². The third-order valence-electron chi connectivity index (χ3n) is 3.19. The highest BCUT2D eigenvalue weighted by atomic mass is 32.2. The van der Waals surface area contributed by atoms with E-state index in [0.717, 1.165) is 12.2 Å². The van der Waals surface area contributed by atoms with Crippen molar-refractivity contribution in [3.8, 4) is 0 Å². The zero-order chi connectivity index (χ0) is 16.1. The van der Waals surface area contributed by atoms with E-state index in [1.165, 1.54) is 0 Å². The summed E-state index contributed by atoms with van der Waals surface area (Å²) in [7, 11) is -1.68. The molecule has 1 heterocycles. The molecule has 0 aromatic carbocycles. The quantitative estimate of drug-likeness (QED) is 0.720. The minimum atomic E-state index is -3.52. The van der Waals surface area contributed by atoms with Crippen molar-refractivity contribution in [2.45, 2.75) is 51.3 Å². The van der Waals surface area contributed by atoms with Gasteiger partial charge in [0.25, 0.3) is 0 Å². The van der Waals surface area contributed by atoms with Crippen LogP contribution in [-0.2, 0) is 27.8 Å². The van der Waals surface area contributed by atoms with Crippen molar-refractivity contribution in [2.24, 2.45) is 0 Å². The van der Waals surface area contributed by atoms with E-state index in [1.54, 1.807) is 12.3 Å². The van der Waals surface area contributed by atoms with Crippen molar-refractivity contribution in [3.63, 3.8) is 0 Å². The van der Waals surface area contributed by atoms with Crippen molar-refractivity contribution in [1.82, 2.24) is 14.6 Å². The Balaban J connectivity index is 2.88. The van der Waals surface area contributed by atoms with Gasteiger partial charge in [-0.1, -0.05) is 0 Å². The van der Waals surface area contributed by atoms with Gasteiger partial charge < -0.3 is 14.6 Å². The van der Waals surface area contributed by atoms with Crippen molar-refractivity contribution in [2.75, 3.05) is 20.2 Å². The van der Waals surface area contributed by atoms with Crippen LogP contribution in [0, 0.1) is 0 Å². The second-order valence-corrected chi connectivity index (χ2v) is 7.27. The van der Waals surface area contributed by atoms with E-state index in [1.807, 2.05) is 39.3 Å². The van der Waals surface area contributed by atoms with Gasteiger partial charge in [0.1, 0.15) is 0 Å². The SMILES string of the molecule is CCOC(C)(C)CNS(=O)(=O)c1cc(CNC)n(CC)c1. The summed E-state index contributed by atoms with van der Waals surface area (Å²) in [5.74, 6) is 0. The lowest BCUT2D eigenvalue weighted by molar-refractivity contribution is -0.00515. The molecule has 21 heavy (non-hydrogen) atoms.